The average Bonchev–Trinajstić information content (AvgIpc) is 2.91. The third-order valence-corrected chi connectivity index (χ3v) is 5.93. The zero-order chi connectivity index (χ0) is 17.4. The minimum atomic E-state index is 0.0216. The molecule has 6 nitrogen and oxygen atoms in total. The second kappa shape index (κ2) is 6.65. The number of carbonyl (C=O) groups excluding carboxylic acids is 2. The molecular formula is C19H25N3O3. The molecule has 2 amide bonds. The summed E-state index contributed by atoms with van der Waals surface area (Å²) in [4.78, 5) is 33.8. The number of methoxy groups -OCH3 is 1. The maximum absolute atomic E-state index is 13.0. The van der Waals surface area contributed by atoms with E-state index in [9.17, 15) is 9.59 Å². The summed E-state index contributed by atoms with van der Waals surface area (Å²) in [6.07, 6.45) is 6.92. The van der Waals surface area contributed by atoms with Gasteiger partial charge >= 0.3 is 0 Å². The van der Waals surface area contributed by atoms with E-state index in [4.69, 9.17) is 4.74 Å². The maximum atomic E-state index is 13.0. The Kier molecular flexibility index (Phi) is 4.36. The molecule has 2 atom stereocenters. The van der Waals surface area contributed by atoms with Crippen LogP contribution in [0.5, 0.6) is 5.88 Å². The third kappa shape index (κ3) is 3.10. The first-order valence-corrected chi connectivity index (χ1v) is 9.25. The monoisotopic (exact) mass is 343 g/mol. The molecule has 25 heavy (non-hydrogen) atoms. The second-order valence-corrected chi connectivity index (χ2v) is 7.51. The van der Waals surface area contributed by atoms with E-state index in [0.717, 1.165) is 38.8 Å². The Hall–Kier alpha value is -2.11. The molecule has 1 saturated carbocycles. The van der Waals surface area contributed by atoms with Crippen molar-refractivity contribution in [2.24, 2.45) is 11.8 Å². The van der Waals surface area contributed by atoms with E-state index >= 15 is 0 Å². The predicted molar refractivity (Wildman–Crippen MR) is 92.3 cm³/mol. The summed E-state index contributed by atoms with van der Waals surface area (Å²) in [5.41, 5.74) is 0.608. The molecule has 0 unspecified atom stereocenters. The molecule has 0 aromatic carbocycles. The summed E-state index contributed by atoms with van der Waals surface area (Å²) in [5, 5.41) is 0. The molecule has 2 bridgehead atoms. The number of hydrogen-bond acceptors (Lipinski definition) is 4. The van der Waals surface area contributed by atoms with E-state index < -0.39 is 0 Å². The van der Waals surface area contributed by atoms with Gasteiger partial charge in [-0.05, 0) is 37.7 Å². The van der Waals surface area contributed by atoms with Crippen LogP contribution in [-0.2, 0) is 4.79 Å². The van der Waals surface area contributed by atoms with Crippen molar-refractivity contribution in [3.05, 3.63) is 23.9 Å². The molecule has 1 aliphatic carbocycles. The molecule has 0 N–H and O–H groups in total. The zero-order valence-electron chi connectivity index (χ0n) is 14.7. The van der Waals surface area contributed by atoms with Crippen LogP contribution in [0.25, 0.3) is 0 Å². The minimum Gasteiger partial charge on any atom is -0.481 e. The number of hydrogen-bond donors (Lipinski definition) is 0. The number of fused-ring (bicyclic) bond motifs is 4. The summed E-state index contributed by atoms with van der Waals surface area (Å²) in [7, 11) is 1.55. The van der Waals surface area contributed by atoms with Gasteiger partial charge in [-0.25, -0.2) is 4.98 Å². The van der Waals surface area contributed by atoms with E-state index in [2.05, 4.69) is 4.98 Å². The SMILES string of the molecule is COc1cc(C(=O)N2C[C@H]3CC[C@@H]2CN(C(=O)C2CCC2)C3)ccn1. The number of nitrogens with zero attached hydrogens (tertiary/aromatic N) is 3. The normalized spacial score (nSPS) is 26.1. The van der Waals surface area contributed by atoms with Gasteiger partial charge in [0.15, 0.2) is 0 Å². The summed E-state index contributed by atoms with van der Waals surface area (Å²) < 4.78 is 5.14. The highest BCUT2D eigenvalue weighted by molar-refractivity contribution is 5.94. The van der Waals surface area contributed by atoms with Gasteiger partial charge in [0.05, 0.1) is 7.11 Å². The van der Waals surface area contributed by atoms with E-state index in [1.54, 1.807) is 25.4 Å². The van der Waals surface area contributed by atoms with Crippen molar-refractivity contribution in [1.82, 2.24) is 14.8 Å². The van der Waals surface area contributed by atoms with Gasteiger partial charge in [-0.15, -0.1) is 0 Å². The highest BCUT2D eigenvalue weighted by Gasteiger charge is 2.40. The van der Waals surface area contributed by atoms with Crippen LogP contribution in [0.3, 0.4) is 0 Å². The van der Waals surface area contributed by atoms with Crippen LogP contribution in [0, 0.1) is 11.8 Å². The predicted octanol–water partition coefficient (Wildman–Crippen LogP) is 1.95. The van der Waals surface area contributed by atoms with Crippen LogP contribution >= 0.6 is 0 Å². The highest BCUT2D eigenvalue weighted by Crippen LogP contribution is 2.33. The first kappa shape index (κ1) is 16.4. The van der Waals surface area contributed by atoms with E-state index in [1.807, 2.05) is 9.80 Å². The van der Waals surface area contributed by atoms with Crippen LogP contribution in [0.2, 0.25) is 0 Å². The summed E-state index contributed by atoms with van der Waals surface area (Å²) >= 11 is 0. The van der Waals surface area contributed by atoms with Crippen LogP contribution in [-0.4, -0.2) is 59.4 Å². The van der Waals surface area contributed by atoms with Crippen LogP contribution < -0.4 is 4.74 Å². The van der Waals surface area contributed by atoms with Gasteiger partial charge < -0.3 is 14.5 Å². The largest absolute Gasteiger partial charge is 0.481 e. The Bertz CT molecular complexity index is 674. The van der Waals surface area contributed by atoms with Crippen molar-refractivity contribution in [2.75, 3.05) is 26.7 Å². The third-order valence-electron chi connectivity index (χ3n) is 5.93. The standard InChI is InChI=1S/C19H25N3O3/c1-25-17-9-15(7-8-20-17)19(24)22-11-13-5-6-16(22)12-21(10-13)18(23)14-3-2-4-14/h7-9,13-14,16H,2-6,10-12H2,1H3/t13-,16+/m0/s1. The first-order chi connectivity index (χ1) is 12.2. The smallest absolute Gasteiger partial charge is 0.254 e. The topological polar surface area (TPSA) is 62.7 Å². The van der Waals surface area contributed by atoms with Crippen molar-refractivity contribution >= 4 is 11.8 Å². The van der Waals surface area contributed by atoms with Gasteiger partial charge in [0.2, 0.25) is 11.8 Å². The van der Waals surface area contributed by atoms with Gasteiger partial charge in [0, 0.05) is 49.4 Å². The van der Waals surface area contributed by atoms with E-state index in [1.165, 1.54) is 6.42 Å². The molecule has 0 spiro atoms. The van der Waals surface area contributed by atoms with Crippen LogP contribution in [0.1, 0.15) is 42.5 Å². The zero-order valence-corrected chi connectivity index (χ0v) is 14.7. The fraction of sp³-hybridized carbons (Fsp3) is 0.632. The second-order valence-electron chi connectivity index (χ2n) is 7.51. The molecule has 4 heterocycles. The van der Waals surface area contributed by atoms with Crippen molar-refractivity contribution in [1.29, 1.82) is 0 Å². The molecule has 0 radical (unpaired) electrons. The van der Waals surface area contributed by atoms with E-state index in [-0.39, 0.29) is 17.9 Å². The first-order valence-electron chi connectivity index (χ1n) is 9.25. The molecule has 6 heteroatoms. The molecule has 1 aromatic rings. The Morgan fingerprint density at radius 1 is 1.16 bits per heavy atom. The van der Waals surface area contributed by atoms with Crippen molar-refractivity contribution < 1.29 is 14.3 Å². The summed E-state index contributed by atoms with van der Waals surface area (Å²) in [5.74, 6) is 1.39. The minimum absolute atomic E-state index is 0.0216. The van der Waals surface area contributed by atoms with Crippen LogP contribution in [0.15, 0.2) is 18.3 Å². The van der Waals surface area contributed by atoms with Crippen molar-refractivity contribution in [3.63, 3.8) is 0 Å². The van der Waals surface area contributed by atoms with Crippen LogP contribution in [0.4, 0.5) is 0 Å². The number of piperidine rings is 1. The fourth-order valence-electron chi connectivity index (χ4n) is 4.24. The lowest BCUT2D eigenvalue weighted by atomic mass is 9.84. The number of rotatable bonds is 3. The lowest BCUT2D eigenvalue weighted by molar-refractivity contribution is -0.138. The van der Waals surface area contributed by atoms with E-state index in [0.29, 0.717) is 29.8 Å². The Morgan fingerprint density at radius 2 is 2.00 bits per heavy atom. The Morgan fingerprint density at radius 3 is 2.72 bits per heavy atom. The summed E-state index contributed by atoms with van der Waals surface area (Å²) in [6, 6.07) is 3.55. The van der Waals surface area contributed by atoms with Gasteiger partial charge in [-0.2, -0.15) is 0 Å². The number of ether oxygens (including phenoxy) is 1. The Balaban J connectivity index is 1.51. The number of pyridine rings is 1. The number of carbonyl (C=O) groups is 2. The molecular weight excluding hydrogens is 318 g/mol. The fourth-order valence-corrected chi connectivity index (χ4v) is 4.24. The lowest BCUT2D eigenvalue weighted by Crippen LogP contribution is -2.48. The molecule has 3 saturated heterocycles. The molecule has 4 aliphatic rings. The van der Waals surface area contributed by atoms with Gasteiger partial charge in [0.1, 0.15) is 0 Å². The number of aromatic nitrogens is 1. The van der Waals surface area contributed by atoms with Crippen molar-refractivity contribution in [2.45, 2.75) is 38.1 Å². The molecule has 1 aromatic heterocycles. The van der Waals surface area contributed by atoms with Gasteiger partial charge in [-0.3, -0.25) is 9.59 Å². The summed E-state index contributed by atoms with van der Waals surface area (Å²) in [6.45, 7) is 2.22. The number of amides is 2. The maximum Gasteiger partial charge on any atom is 0.254 e. The molecule has 5 rings (SSSR count). The van der Waals surface area contributed by atoms with Gasteiger partial charge in [0.25, 0.3) is 5.91 Å². The average molecular weight is 343 g/mol. The highest BCUT2D eigenvalue weighted by atomic mass is 16.5. The quantitative estimate of drug-likeness (QED) is 0.842. The molecule has 3 aliphatic heterocycles. The lowest BCUT2D eigenvalue weighted by Gasteiger charge is -2.36. The molecule has 134 valence electrons. The molecule has 4 fully saturated rings. The Labute approximate surface area is 148 Å². The van der Waals surface area contributed by atoms with Crippen molar-refractivity contribution in [3.8, 4) is 5.88 Å². The van der Waals surface area contributed by atoms with Gasteiger partial charge in [-0.1, -0.05) is 6.42 Å².